The van der Waals surface area contributed by atoms with Crippen molar-refractivity contribution in [3.05, 3.63) is 34.9 Å². The topological polar surface area (TPSA) is 15.3 Å². The number of hydrogen-bond donors (Lipinski definition) is 1. The number of halogens is 1. The van der Waals surface area contributed by atoms with Crippen LogP contribution in [0.15, 0.2) is 24.3 Å². The molecule has 0 radical (unpaired) electrons. The first kappa shape index (κ1) is 14.5. The lowest BCUT2D eigenvalue weighted by atomic mass is 10.2. The van der Waals surface area contributed by atoms with Crippen LogP contribution in [0.5, 0.6) is 0 Å². The Kier molecular flexibility index (Phi) is 7.25. The van der Waals surface area contributed by atoms with E-state index in [2.05, 4.69) is 30.1 Å². The Balaban J connectivity index is 2.22. The lowest BCUT2D eigenvalue weighted by Gasteiger charge is -2.19. The highest BCUT2D eigenvalue weighted by Gasteiger charge is 2.01. The number of nitrogens with one attached hydrogen (secondary N) is 1. The molecule has 0 fully saturated rings. The van der Waals surface area contributed by atoms with Crippen LogP contribution >= 0.6 is 11.6 Å². The Labute approximate surface area is 110 Å². The van der Waals surface area contributed by atoms with Crippen molar-refractivity contribution < 1.29 is 0 Å². The molecule has 0 bridgehead atoms. The maximum absolute atomic E-state index is 6.09. The average molecular weight is 255 g/mol. The minimum absolute atomic E-state index is 0.848. The Morgan fingerprint density at radius 2 is 1.94 bits per heavy atom. The maximum atomic E-state index is 6.09. The van der Waals surface area contributed by atoms with E-state index >= 15 is 0 Å². The van der Waals surface area contributed by atoms with Gasteiger partial charge in [-0.05, 0) is 31.1 Å². The van der Waals surface area contributed by atoms with Gasteiger partial charge in [-0.1, -0.05) is 43.6 Å². The molecule has 1 N–H and O–H groups in total. The molecule has 0 spiro atoms. The third-order valence-electron chi connectivity index (χ3n) is 2.87. The van der Waals surface area contributed by atoms with E-state index in [0.717, 1.165) is 31.2 Å². The highest BCUT2D eigenvalue weighted by Crippen LogP contribution is 2.13. The van der Waals surface area contributed by atoms with Crippen molar-refractivity contribution in [2.45, 2.75) is 26.8 Å². The van der Waals surface area contributed by atoms with Gasteiger partial charge in [0.15, 0.2) is 0 Å². The molecule has 1 aromatic carbocycles. The van der Waals surface area contributed by atoms with Gasteiger partial charge in [0.2, 0.25) is 0 Å². The highest BCUT2D eigenvalue weighted by molar-refractivity contribution is 6.31. The Hall–Kier alpha value is -0.570. The van der Waals surface area contributed by atoms with Gasteiger partial charge in [-0.2, -0.15) is 0 Å². The highest BCUT2D eigenvalue weighted by atomic mass is 35.5. The van der Waals surface area contributed by atoms with E-state index in [9.17, 15) is 0 Å². The zero-order valence-corrected chi connectivity index (χ0v) is 11.6. The smallest absolute Gasteiger partial charge is 0.0450 e. The second-order valence-electron chi connectivity index (χ2n) is 4.20. The summed E-state index contributed by atoms with van der Waals surface area (Å²) >= 11 is 6.09. The van der Waals surface area contributed by atoms with Crippen molar-refractivity contribution in [2.75, 3.05) is 26.2 Å². The summed E-state index contributed by atoms with van der Waals surface area (Å²) in [6.07, 6.45) is 1.22. The molecule has 0 aliphatic heterocycles. The molecule has 0 saturated heterocycles. The molecule has 3 heteroatoms. The van der Waals surface area contributed by atoms with E-state index in [1.807, 2.05) is 18.2 Å². The summed E-state index contributed by atoms with van der Waals surface area (Å²) in [5.74, 6) is 0. The van der Waals surface area contributed by atoms with Crippen LogP contribution in [0.4, 0.5) is 0 Å². The lowest BCUT2D eigenvalue weighted by molar-refractivity contribution is 0.287. The standard InChI is InChI=1S/C14H23ClN2/c1-3-10-17(4-2)11-9-16-12-13-7-5-6-8-14(13)15/h5-8,16H,3-4,9-12H2,1-2H3. The predicted molar refractivity (Wildman–Crippen MR) is 75.6 cm³/mol. The van der Waals surface area contributed by atoms with Crippen LogP contribution in [0.25, 0.3) is 0 Å². The Bertz CT molecular complexity index is 315. The summed E-state index contributed by atoms with van der Waals surface area (Å²) in [7, 11) is 0. The van der Waals surface area contributed by atoms with Crippen LogP contribution < -0.4 is 5.32 Å². The molecule has 0 aromatic heterocycles. The Morgan fingerprint density at radius 1 is 1.18 bits per heavy atom. The summed E-state index contributed by atoms with van der Waals surface area (Å²) in [5, 5.41) is 4.29. The molecule has 0 unspecified atom stereocenters. The SMILES string of the molecule is CCCN(CC)CCNCc1ccccc1Cl. The van der Waals surface area contributed by atoms with Gasteiger partial charge in [0.05, 0.1) is 0 Å². The van der Waals surface area contributed by atoms with E-state index in [4.69, 9.17) is 11.6 Å². The second-order valence-corrected chi connectivity index (χ2v) is 4.61. The molecule has 17 heavy (non-hydrogen) atoms. The van der Waals surface area contributed by atoms with Gasteiger partial charge in [0.25, 0.3) is 0 Å². The van der Waals surface area contributed by atoms with Gasteiger partial charge >= 0.3 is 0 Å². The zero-order valence-electron chi connectivity index (χ0n) is 10.9. The minimum Gasteiger partial charge on any atom is -0.311 e. The number of hydrogen-bond acceptors (Lipinski definition) is 2. The minimum atomic E-state index is 0.848. The summed E-state index contributed by atoms with van der Waals surface area (Å²) < 4.78 is 0. The molecule has 1 aromatic rings. The van der Waals surface area contributed by atoms with Crippen molar-refractivity contribution >= 4 is 11.6 Å². The summed E-state index contributed by atoms with van der Waals surface area (Å²) in [6, 6.07) is 8.00. The summed E-state index contributed by atoms with van der Waals surface area (Å²) in [5.41, 5.74) is 1.17. The van der Waals surface area contributed by atoms with Crippen LogP contribution in [0.3, 0.4) is 0 Å². The van der Waals surface area contributed by atoms with Gasteiger partial charge in [0, 0.05) is 24.7 Å². The molecule has 0 atom stereocenters. The van der Waals surface area contributed by atoms with Crippen LogP contribution in [-0.4, -0.2) is 31.1 Å². The molecule has 0 amide bonds. The van der Waals surface area contributed by atoms with Gasteiger partial charge < -0.3 is 10.2 Å². The molecule has 0 aliphatic rings. The Morgan fingerprint density at radius 3 is 2.59 bits per heavy atom. The number of likely N-dealkylation sites (N-methyl/N-ethyl adjacent to an activating group) is 1. The monoisotopic (exact) mass is 254 g/mol. The van der Waals surface area contributed by atoms with Gasteiger partial charge in [-0.3, -0.25) is 0 Å². The first-order valence-electron chi connectivity index (χ1n) is 6.44. The molecule has 96 valence electrons. The molecule has 0 saturated carbocycles. The first-order valence-corrected chi connectivity index (χ1v) is 6.82. The van der Waals surface area contributed by atoms with Crippen LogP contribution in [0.1, 0.15) is 25.8 Å². The quantitative estimate of drug-likeness (QED) is 0.717. The van der Waals surface area contributed by atoms with Crippen LogP contribution in [0.2, 0.25) is 5.02 Å². The molecule has 0 heterocycles. The number of nitrogens with zero attached hydrogens (tertiary/aromatic N) is 1. The van der Waals surface area contributed by atoms with E-state index in [0.29, 0.717) is 0 Å². The molecule has 2 nitrogen and oxygen atoms in total. The van der Waals surface area contributed by atoms with Crippen molar-refractivity contribution in [3.8, 4) is 0 Å². The normalized spacial score (nSPS) is 11.1. The summed E-state index contributed by atoms with van der Waals surface area (Å²) in [6.45, 7) is 9.71. The van der Waals surface area contributed by atoms with E-state index in [1.54, 1.807) is 0 Å². The fourth-order valence-corrected chi connectivity index (χ4v) is 2.05. The summed E-state index contributed by atoms with van der Waals surface area (Å²) in [4.78, 5) is 2.46. The number of benzene rings is 1. The van der Waals surface area contributed by atoms with Gasteiger partial charge in [-0.15, -0.1) is 0 Å². The van der Waals surface area contributed by atoms with Gasteiger partial charge in [0.1, 0.15) is 0 Å². The van der Waals surface area contributed by atoms with Crippen LogP contribution in [-0.2, 0) is 6.54 Å². The molecular weight excluding hydrogens is 232 g/mol. The number of rotatable bonds is 8. The van der Waals surface area contributed by atoms with E-state index < -0.39 is 0 Å². The fourth-order valence-electron chi connectivity index (χ4n) is 1.85. The third kappa shape index (κ3) is 5.53. The fraction of sp³-hybridized carbons (Fsp3) is 0.571. The average Bonchev–Trinajstić information content (AvgIpc) is 2.35. The molecular formula is C14H23ClN2. The van der Waals surface area contributed by atoms with Crippen molar-refractivity contribution in [3.63, 3.8) is 0 Å². The molecule has 1 rings (SSSR count). The largest absolute Gasteiger partial charge is 0.311 e. The lowest BCUT2D eigenvalue weighted by Crippen LogP contribution is -2.32. The first-order chi connectivity index (χ1) is 8.27. The van der Waals surface area contributed by atoms with Crippen LogP contribution in [0, 0.1) is 0 Å². The maximum Gasteiger partial charge on any atom is 0.0450 e. The van der Waals surface area contributed by atoms with Crippen molar-refractivity contribution in [2.24, 2.45) is 0 Å². The van der Waals surface area contributed by atoms with E-state index in [-0.39, 0.29) is 0 Å². The molecule has 0 aliphatic carbocycles. The van der Waals surface area contributed by atoms with Crippen molar-refractivity contribution in [1.82, 2.24) is 10.2 Å². The van der Waals surface area contributed by atoms with Crippen molar-refractivity contribution in [1.29, 1.82) is 0 Å². The second kappa shape index (κ2) is 8.51. The van der Waals surface area contributed by atoms with E-state index in [1.165, 1.54) is 18.5 Å². The zero-order chi connectivity index (χ0) is 12.5. The predicted octanol–water partition coefficient (Wildman–Crippen LogP) is 3.16. The third-order valence-corrected chi connectivity index (χ3v) is 3.23. The van der Waals surface area contributed by atoms with Gasteiger partial charge in [-0.25, -0.2) is 0 Å².